The Morgan fingerprint density at radius 1 is 1.19 bits per heavy atom. The molecule has 0 spiro atoms. The van der Waals surface area contributed by atoms with E-state index in [0.29, 0.717) is 0 Å². The molecule has 0 atom stereocenters. The molecule has 8 heteroatoms. The molecule has 0 aromatic heterocycles. The fraction of sp³-hybridized carbons (Fsp3) is 0.111. The van der Waals surface area contributed by atoms with Crippen molar-refractivity contribution in [2.45, 2.75) is 6.61 Å². The lowest BCUT2D eigenvalue weighted by atomic mass is 10.1. The molecule has 0 amide bonds. The van der Waals surface area contributed by atoms with Crippen molar-refractivity contribution in [3.05, 3.63) is 65.1 Å². The Balaban J connectivity index is 2.01. The highest BCUT2D eigenvalue weighted by Gasteiger charge is 2.25. The van der Waals surface area contributed by atoms with Gasteiger partial charge in [0.25, 0.3) is 0 Å². The Bertz CT molecular complexity index is 909. The molecule has 0 unspecified atom stereocenters. The Hall–Kier alpha value is -3.29. The topological polar surface area (TPSA) is 57.1 Å². The Kier molecular flexibility index (Phi) is 4.92. The Morgan fingerprint density at radius 2 is 1.96 bits per heavy atom. The number of alkyl halides is 2. The van der Waals surface area contributed by atoms with Crippen molar-refractivity contribution in [1.29, 1.82) is 0 Å². The molecule has 0 N–H and O–H groups in total. The van der Waals surface area contributed by atoms with E-state index < -0.39 is 18.4 Å². The van der Waals surface area contributed by atoms with E-state index in [0.717, 1.165) is 6.07 Å². The molecule has 0 aliphatic carbocycles. The molecule has 0 radical (unpaired) electrons. The van der Waals surface area contributed by atoms with Crippen LogP contribution in [0.4, 0.5) is 13.2 Å². The number of aliphatic imine (C=N–C) groups is 1. The molecule has 1 aliphatic rings. The van der Waals surface area contributed by atoms with Crippen LogP contribution in [0.1, 0.15) is 11.1 Å². The van der Waals surface area contributed by atoms with Gasteiger partial charge in [0, 0.05) is 11.1 Å². The van der Waals surface area contributed by atoms with Gasteiger partial charge in [0.1, 0.15) is 5.82 Å². The number of carbonyl (C=O) groups is 1. The van der Waals surface area contributed by atoms with E-state index >= 15 is 0 Å². The van der Waals surface area contributed by atoms with Gasteiger partial charge in [-0.05, 0) is 30.3 Å². The van der Waals surface area contributed by atoms with Crippen LogP contribution in [0.25, 0.3) is 6.08 Å². The normalized spacial score (nSPS) is 15.2. The van der Waals surface area contributed by atoms with Gasteiger partial charge in [-0.15, -0.1) is 0 Å². The molecule has 0 saturated carbocycles. The zero-order valence-electron chi connectivity index (χ0n) is 13.4. The average molecular weight is 363 g/mol. The lowest BCUT2D eigenvalue weighted by molar-refractivity contribution is -0.129. The molecule has 2 aromatic rings. The zero-order chi connectivity index (χ0) is 18.7. The summed E-state index contributed by atoms with van der Waals surface area (Å²) in [4.78, 5) is 16.0. The number of para-hydroxylation sites is 1. The second-order valence-electron chi connectivity index (χ2n) is 5.10. The maximum Gasteiger partial charge on any atom is 0.387 e. The molecule has 134 valence electrons. The first-order chi connectivity index (χ1) is 12.5. The third-order valence-electron chi connectivity index (χ3n) is 3.42. The molecular weight excluding hydrogens is 351 g/mol. The molecule has 3 rings (SSSR count). The van der Waals surface area contributed by atoms with Crippen LogP contribution in [0.2, 0.25) is 0 Å². The van der Waals surface area contributed by atoms with Crippen LogP contribution >= 0.6 is 0 Å². The zero-order valence-corrected chi connectivity index (χ0v) is 13.4. The van der Waals surface area contributed by atoms with Crippen LogP contribution < -0.4 is 9.47 Å². The minimum atomic E-state index is -3.08. The van der Waals surface area contributed by atoms with Crippen LogP contribution in [0.3, 0.4) is 0 Å². The van der Waals surface area contributed by atoms with Crippen LogP contribution in [-0.2, 0) is 9.53 Å². The fourth-order valence-corrected chi connectivity index (χ4v) is 2.32. The average Bonchev–Trinajstić information content (AvgIpc) is 2.97. The molecule has 0 fully saturated rings. The highest BCUT2D eigenvalue weighted by atomic mass is 19.3. The number of carbonyl (C=O) groups excluding carboxylic acids is 1. The van der Waals surface area contributed by atoms with Crippen molar-refractivity contribution in [3.63, 3.8) is 0 Å². The number of hydrogen-bond donors (Lipinski definition) is 0. The lowest BCUT2D eigenvalue weighted by Crippen LogP contribution is -2.06. The van der Waals surface area contributed by atoms with E-state index in [2.05, 4.69) is 9.73 Å². The van der Waals surface area contributed by atoms with Crippen molar-refractivity contribution in [2.75, 3.05) is 7.11 Å². The first kappa shape index (κ1) is 17.5. The van der Waals surface area contributed by atoms with Gasteiger partial charge in [0.15, 0.2) is 17.2 Å². The first-order valence-electron chi connectivity index (χ1n) is 7.38. The summed E-state index contributed by atoms with van der Waals surface area (Å²) >= 11 is 0. The van der Waals surface area contributed by atoms with Crippen molar-refractivity contribution in [3.8, 4) is 11.5 Å². The summed E-state index contributed by atoms with van der Waals surface area (Å²) in [6, 6.07) is 9.80. The predicted octanol–water partition coefficient (Wildman–Crippen LogP) is 3.78. The standard InChI is InChI=1S/C18H12F3NO4/c1-24-14-7-3-4-10(15(14)25-18(20)21)9-13-17(23)26-16(22-13)11-5-2-6-12(19)8-11/h2-9,18H,1H3/b13-9-. The summed E-state index contributed by atoms with van der Waals surface area (Å²) in [5, 5.41) is 0. The van der Waals surface area contributed by atoms with E-state index in [4.69, 9.17) is 9.47 Å². The number of hydrogen-bond acceptors (Lipinski definition) is 5. The van der Waals surface area contributed by atoms with Gasteiger partial charge in [-0.3, -0.25) is 0 Å². The molecule has 0 bridgehead atoms. The minimum Gasteiger partial charge on any atom is -0.493 e. The largest absolute Gasteiger partial charge is 0.493 e. The number of benzene rings is 2. The number of ether oxygens (including phenoxy) is 3. The molecule has 2 aromatic carbocycles. The van der Waals surface area contributed by atoms with Gasteiger partial charge in [-0.2, -0.15) is 8.78 Å². The summed E-state index contributed by atoms with van der Waals surface area (Å²) in [5.41, 5.74) is 0.286. The number of rotatable bonds is 5. The molecular formula is C18H12F3NO4. The van der Waals surface area contributed by atoms with Gasteiger partial charge in [-0.1, -0.05) is 18.2 Å². The van der Waals surface area contributed by atoms with Crippen molar-refractivity contribution < 1.29 is 32.2 Å². The molecule has 5 nitrogen and oxygen atoms in total. The Labute approximate surface area is 146 Å². The van der Waals surface area contributed by atoms with Gasteiger partial charge in [0.2, 0.25) is 5.90 Å². The van der Waals surface area contributed by atoms with Gasteiger partial charge >= 0.3 is 12.6 Å². The number of methoxy groups -OCH3 is 1. The summed E-state index contributed by atoms with van der Waals surface area (Å²) < 4.78 is 53.2. The number of cyclic esters (lactones) is 1. The number of nitrogens with zero attached hydrogens (tertiary/aromatic N) is 1. The summed E-state index contributed by atoms with van der Waals surface area (Å²) in [7, 11) is 1.30. The van der Waals surface area contributed by atoms with Crippen molar-refractivity contribution in [1.82, 2.24) is 0 Å². The van der Waals surface area contributed by atoms with E-state index in [9.17, 15) is 18.0 Å². The molecule has 1 aliphatic heterocycles. The van der Waals surface area contributed by atoms with E-state index in [1.165, 1.54) is 43.5 Å². The summed E-state index contributed by atoms with van der Waals surface area (Å²) in [6.07, 6.45) is 1.23. The number of esters is 1. The third-order valence-corrected chi connectivity index (χ3v) is 3.42. The maximum absolute atomic E-state index is 13.3. The highest BCUT2D eigenvalue weighted by molar-refractivity contribution is 6.13. The van der Waals surface area contributed by atoms with Crippen LogP contribution in [0.5, 0.6) is 11.5 Å². The third kappa shape index (κ3) is 3.69. The van der Waals surface area contributed by atoms with Crippen molar-refractivity contribution >= 4 is 17.9 Å². The molecule has 1 heterocycles. The quantitative estimate of drug-likeness (QED) is 0.599. The SMILES string of the molecule is COc1cccc(/C=C2\N=C(c3cccc(F)c3)OC2=O)c1OC(F)F. The van der Waals surface area contributed by atoms with Crippen LogP contribution in [-0.4, -0.2) is 25.6 Å². The molecule has 26 heavy (non-hydrogen) atoms. The smallest absolute Gasteiger partial charge is 0.387 e. The minimum absolute atomic E-state index is 0.0698. The summed E-state index contributed by atoms with van der Waals surface area (Å²) in [5.74, 6) is -1.56. The first-order valence-corrected chi connectivity index (χ1v) is 7.38. The van der Waals surface area contributed by atoms with Gasteiger partial charge in [0.05, 0.1) is 7.11 Å². The number of halogens is 3. The van der Waals surface area contributed by atoms with E-state index in [-0.39, 0.29) is 34.2 Å². The van der Waals surface area contributed by atoms with Crippen molar-refractivity contribution in [2.24, 2.45) is 4.99 Å². The van der Waals surface area contributed by atoms with Gasteiger partial charge in [-0.25, -0.2) is 14.2 Å². The second kappa shape index (κ2) is 7.30. The second-order valence-corrected chi connectivity index (χ2v) is 5.10. The van der Waals surface area contributed by atoms with E-state index in [1.807, 2.05) is 0 Å². The molecule has 0 saturated heterocycles. The lowest BCUT2D eigenvalue weighted by Gasteiger charge is -2.12. The monoisotopic (exact) mass is 363 g/mol. The van der Waals surface area contributed by atoms with E-state index in [1.54, 1.807) is 6.07 Å². The summed E-state index contributed by atoms with van der Waals surface area (Å²) in [6.45, 7) is -3.08. The van der Waals surface area contributed by atoms with Crippen LogP contribution in [0.15, 0.2) is 53.2 Å². The van der Waals surface area contributed by atoms with Crippen LogP contribution in [0, 0.1) is 5.82 Å². The highest BCUT2D eigenvalue weighted by Crippen LogP contribution is 2.34. The van der Waals surface area contributed by atoms with Gasteiger partial charge < -0.3 is 14.2 Å². The Morgan fingerprint density at radius 3 is 2.65 bits per heavy atom. The fourth-order valence-electron chi connectivity index (χ4n) is 2.32. The predicted molar refractivity (Wildman–Crippen MR) is 86.6 cm³/mol. The maximum atomic E-state index is 13.3.